The number of carbonyl (C=O) groups is 1. The van der Waals surface area contributed by atoms with Crippen LogP contribution < -0.4 is 0 Å². The lowest BCUT2D eigenvalue weighted by atomic mass is 10.2. The summed E-state index contributed by atoms with van der Waals surface area (Å²) in [5.41, 5.74) is 0.566. The molecule has 1 atom stereocenters. The van der Waals surface area contributed by atoms with Crippen molar-refractivity contribution in [2.75, 3.05) is 6.67 Å². The number of hydrogen-bond donors (Lipinski definition) is 0. The number of halogens is 3. The molecule has 0 heterocycles. The van der Waals surface area contributed by atoms with E-state index in [4.69, 9.17) is 0 Å². The topological polar surface area (TPSA) is 35.5 Å². The minimum Gasteiger partial charge on any atom is -0.456 e. The summed E-state index contributed by atoms with van der Waals surface area (Å²) in [7, 11) is 0. The normalized spacial score (nSPS) is 14.2. The highest BCUT2D eigenvalue weighted by molar-refractivity contribution is 5.77. The van der Waals surface area contributed by atoms with Crippen LogP contribution in [0.3, 0.4) is 0 Å². The smallest absolute Gasteiger partial charge is 0.378 e. The third kappa shape index (κ3) is 2.96. The second-order valence-electron chi connectivity index (χ2n) is 3.00. The van der Waals surface area contributed by atoms with Gasteiger partial charge in [-0.25, -0.2) is 9.18 Å². The van der Waals surface area contributed by atoms with Gasteiger partial charge in [0.2, 0.25) is 0 Å². The second-order valence-corrected chi connectivity index (χ2v) is 3.00. The molecule has 1 rings (SSSR count). The van der Waals surface area contributed by atoms with Crippen LogP contribution in [0.2, 0.25) is 0 Å². The molecule has 0 spiro atoms. The van der Waals surface area contributed by atoms with E-state index in [9.17, 15) is 18.1 Å². The Labute approximate surface area is 89.7 Å². The molecule has 0 aromatic heterocycles. The molecule has 6 heteroatoms. The Balaban J connectivity index is 2.53. The van der Waals surface area contributed by atoms with E-state index in [1.807, 2.05) is 0 Å². The molecule has 1 aromatic carbocycles. The Morgan fingerprint density at radius 3 is 2.44 bits per heavy atom. The van der Waals surface area contributed by atoms with Crippen molar-refractivity contribution in [2.24, 2.45) is 0 Å². The lowest BCUT2D eigenvalue weighted by Crippen LogP contribution is -2.38. The molecule has 0 radical (unpaired) electrons. The first-order valence-corrected chi connectivity index (χ1v) is 4.38. The average molecular weight is 234 g/mol. The molecule has 88 valence electrons. The molecule has 16 heavy (non-hydrogen) atoms. The first-order valence-electron chi connectivity index (χ1n) is 4.38. The summed E-state index contributed by atoms with van der Waals surface area (Å²) in [6, 6.07) is 8.30. The number of carbonyl (C=O) groups excluding carboxylic acids is 1. The number of esters is 1. The molecule has 0 bridgehead atoms. The monoisotopic (exact) mass is 234 g/mol. The molecule has 1 unspecified atom stereocenters. The summed E-state index contributed by atoms with van der Waals surface area (Å²) in [5, 5.41) is 0. The first-order chi connectivity index (χ1) is 7.62. The van der Waals surface area contributed by atoms with Gasteiger partial charge in [-0.05, 0) is 10.1 Å². The van der Waals surface area contributed by atoms with Crippen LogP contribution in [0.4, 0.5) is 13.3 Å². The van der Waals surface area contributed by atoms with Gasteiger partial charge in [-0.1, -0.05) is 30.3 Å². The van der Waals surface area contributed by atoms with Gasteiger partial charge in [-0.2, -0.15) is 4.39 Å². The van der Waals surface area contributed by atoms with Crippen LogP contribution >= 0.6 is 0 Å². The van der Waals surface area contributed by atoms with E-state index in [2.05, 4.69) is 9.68 Å². The second kappa shape index (κ2) is 5.50. The number of rotatable bonds is 5. The third-order valence-electron chi connectivity index (χ3n) is 1.81. The van der Waals surface area contributed by atoms with Gasteiger partial charge in [0.15, 0.2) is 6.67 Å². The molecular formula is C10H9F3O3. The summed E-state index contributed by atoms with van der Waals surface area (Å²) in [6.45, 7) is -2.23. The van der Waals surface area contributed by atoms with E-state index < -0.39 is 18.5 Å². The fourth-order valence-corrected chi connectivity index (χ4v) is 0.938. The van der Waals surface area contributed by atoms with Gasteiger partial charge in [0.1, 0.15) is 6.61 Å². The fraction of sp³-hybridized carbons (Fsp3) is 0.300. The van der Waals surface area contributed by atoms with Crippen molar-refractivity contribution in [3.8, 4) is 0 Å². The minimum absolute atomic E-state index is 0.283. The minimum atomic E-state index is -3.67. The van der Waals surface area contributed by atoms with Crippen molar-refractivity contribution < 1.29 is 27.8 Å². The van der Waals surface area contributed by atoms with E-state index in [1.165, 1.54) is 0 Å². The van der Waals surface area contributed by atoms with Crippen LogP contribution in [0.25, 0.3) is 0 Å². The molecule has 0 saturated carbocycles. The predicted octanol–water partition coefficient (Wildman–Crippen LogP) is 2.27. The number of alkyl halides is 2. The van der Waals surface area contributed by atoms with Crippen molar-refractivity contribution in [1.82, 2.24) is 0 Å². The summed E-state index contributed by atoms with van der Waals surface area (Å²) >= 11 is 0. The van der Waals surface area contributed by atoms with Crippen molar-refractivity contribution >= 4 is 5.97 Å². The van der Waals surface area contributed by atoms with Gasteiger partial charge in [0.05, 0.1) is 0 Å². The van der Waals surface area contributed by atoms with Crippen molar-refractivity contribution in [2.45, 2.75) is 12.5 Å². The summed E-state index contributed by atoms with van der Waals surface area (Å²) in [6.07, 6.45) is 0. The highest BCUT2D eigenvalue weighted by Crippen LogP contribution is 2.17. The summed E-state index contributed by atoms with van der Waals surface area (Å²) in [5.74, 6) is -5.41. The molecule has 0 fully saturated rings. The Morgan fingerprint density at radius 2 is 1.94 bits per heavy atom. The van der Waals surface area contributed by atoms with Crippen LogP contribution in [0, 0.1) is 0 Å². The van der Waals surface area contributed by atoms with E-state index in [1.54, 1.807) is 30.3 Å². The Bertz CT molecular complexity index is 338. The van der Waals surface area contributed by atoms with E-state index in [-0.39, 0.29) is 6.61 Å². The fourth-order valence-electron chi connectivity index (χ4n) is 0.938. The molecular weight excluding hydrogens is 225 g/mol. The summed E-state index contributed by atoms with van der Waals surface area (Å²) < 4.78 is 40.8. The zero-order valence-electron chi connectivity index (χ0n) is 8.16. The lowest BCUT2D eigenvalue weighted by molar-refractivity contribution is -0.294. The van der Waals surface area contributed by atoms with Crippen LogP contribution in [0.1, 0.15) is 5.56 Å². The maximum Gasteiger partial charge on any atom is 0.378 e. The highest BCUT2D eigenvalue weighted by atomic mass is 19.3. The molecule has 0 saturated heterocycles. The van der Waals surface area contributed by atoms with Gasteiger partial charge in [0, 0.05) is 0 Å². The largest absolute Gasteiger partial charge is 0.456 e. The Kier molecular flexibility index (Phi) is 4.30. The first kappa shape index (κ1) is 12.5. The van der Waals surface area contributed by atoms with E-state index >= 15 is 0 Å². The molecule has 1 aromatic rings. The van der Waals surface area contributed by atoms with Gasteiger partial charge < -0.3 is 4.74 Å². The maximum atomic E-state index is 12.9. The predicted molar refractivity (Wildman–Crippen MR) is 48.2 cm³/mol. The highest BCUT2D eigenvalue weighted by Gasteiger charge is 2.44. The SMILES string of the molecule is O=C(OCc1ccccc1)C(F)(CF)OF. The number of ether oxygens (including phenoxy) is 1. The van der Waals surface area contributed by atoms with Crippen LogP contribution in [0.5, 0.6) is 0 Å². The molecule has 0 amide bonds. The third-order valence-corrected chi connectivity index (χ3v) is 1.81. The van der Waals surface area contributed by atoms with Gasteiger partial charge in [-0.3, -0.25) is 0 Å². The molecule has 0 N–H and O–H groups in total. The van der Waals surface area contributed by atoms with E-state index in [0.717, 1.165) is 0 Å². The molecule has 3 nitrogen and oxygen atoms in total. The quantitative estimate of drug-likeness (QED) is 0.733. The van der Waals surface area contributed by atoms with Crippen LogP contribution in [0.15, 0.2) is 30.3 Å². The zero-order valence-corrected chi connectivity index (χ0v) is 8.16. The maximum absolute atomic E-state index is 12.9. The molecule has 0 aliphatic carbocycles. The lowest BCUT2D eigenvalue weighted by Gasteiger charge is -2.14. The van der Waals surface area contributed by atoms with E-state index in [0.29, 0.717) is 5.56 Å². The van der Waals surface area contributed by atoms with Crippen molar-refractivity contribution in [1.29, 1.82) is 0 Å². The molecule has 0 aliphatic rings. The zero-order chi connectivity index (χ0) is 12.0. The van der Waals surface area contributed by atoms with Gasteiger partial charge >= 0.3 is 11.8 Å². The van der Waals surface area contributed by atoms with Crippen LogP contribution in [-0.4, -0.2) is 18.5 Å². The van der Waals surface area contributed by atoms with Gasteiger partial charge in [0.25, 0.3) is 0 Å². The van der Waals surface area contributed by atoms with Gasteiger partial charge in [-0.15, -0.1) is 4.94 Å². The van der Waals surface area contributed by atoms with Crippen molar-refractivity contribution in [3.05, 3.63) is 35.9 Å². The Morgan fingerprint density at radius 1 is 1.31 bits per heavy atom. The van der Waals surface area contributed by atoms with Crippen molar-refractivity contribution in [3.63, 3.8) is 0 Å². The standard InChI is InChI=1S/C10H9F3O3/c11-7-10(12,16-13)9(14)15-6-8-4-2-1-3-5-8/h1-5H,6-7H2. The molecule has 0 aliphatic heterocycles. The number of benzene rings is 1. The summed E-state index contributed by atoms with van der Waals surface area (Å²) in [4.78, 5) is 13.5. The Hall–Kier alpha value is -1.56. The number of hydrogen-bond acceptors (Lipinski definition) is 3. The average Bonchev–Trinajstić information content (AvgIpc) is 2.36. The van der Waals surface area contributed by atoms with Crippen LogP contribution in [-0.2, 0) is 21.1 Å².